The number of nitro benzene ring substituents is 1. The molecule has 0 aliphatic carbocycles. The zero-order valence-electron chi connectivity index (χ0n) is 9.30. The maximum absolute atomic E-state index is 10.5. The molecule has 0 N–H and O–H groups in total. The minimum atomic E-state index is -0.473. The van der Waals surface area contributed by atoms with Crippen LogP contribution in [0.4, 0.5) is 5.69 Å². The van der Waals surface area contributed by atoms with E-state index < -0.39 is 17.1 Å². The fourth-order valence-electron chi connectivity index (χ4n) is 1.75. The molecule has 1 aromatic rings. The second kappa shape index (κ2) is 5.46. The van der Waals surface area contributed by atoms with E-state index in [-0.39, 0.29) is 19.1 Å². The smallest absolute Gasteiger partial charge is 0.269 e. The van der Waals surface area contributed by atoms with Gasteiger partial charge in [-0.05, 0) is 23.2 Å². The molecule has 94 valence electrons. The van der Waals surface area contributed by atoms with Crippen LogP contribution in [0.15, 0.2) is 29.4 Å². The molecular formula is C10H10N4O4. The molecule has 0 aromatic heterocycles. The number of nitrogens with zero attached hydrogens (tertiary/aromatic N) is 4. The third-order valence-corrected chi connectivity index (χ3v) is 2.60. The van der Waals surface area contributed by atoms with E-state index in [9.17, 15) is 10.1 Å². The number of ether oxygens (including phenoxy) is 2. The molecule has 0 bridgehead atoms. The van der Waals surface area contributed by atoms with Gasteiger partial charge in [0, 0.05) is 17.0 Å². The molecule has 1 saturated heterocycles. The van der Waals surface area contributed by atoms with Crippen molar-refractivity contribution in [2.75, 3.05) is 13.4 Å². The van der Waals surface area contributed by atoms with Crippen LogP contribution >= 0.6 is 0 Å². The van der Waals surface area contributed by atoms with E-state index in [0.29, 0.717) is 0 Å². The zero-order chi connectivity index (χ0) is 13.0. The number of azide groups is 1. The fraction of sp³-hybridized carbons (Fsp3) is 0.400. The lowest BCUT2D eigenvalue weighted by molar-refractivity contribution is -0.384. The van der Waals surface area contributed by atoms with Gasteiger partial charge in [0.05, 0.1) is 23.7 Å². The summed E-state index contributed by atoms with van der Waals surface area (Å²) in [7, 11) is 0. The summed E-state index contributed by atoms with van der Waals surface area (Å²) in [5.74, 6) is 0. The summed E-state index contributed by atoms with van der Waals surface area (Å²) in [6.45, 7) is 0.380. The van der Waals surface area contributed by atoms with Gasteiger partial charge in [-0.25, -0.2) is 0 Å². The Hall–Kier alpha value is -2.15. The van der Waals surface area contributed by atoms with Gasteiger partial charge in [0.2, 0.25) is 0 Å². The first-order valence-electron chi connectivity index (χ1n) is 5.20. The van der Waals surface area contributed by atoms with Crippen LogP contribution in [-0.4, -0.2) is 24.4 Å². The lowest BCUT2D eigenvalue weighted by atomic mass is 10.0. The molecule has 1 aromatic carbocycles. The van der Waals surface area contributed by atoms with Crippen LogP contribution in [0, 0.1) is 10.1 Å². The summed E-state index contributed by atoms with van der Waals surface area (Å²) in [4.78, 5) is 12.8. The standard InChI is InChI=1S/C10H10N4O4/c11-13-12-9-5-17-6-18-10(9)7-1-3-8(4-2-7)14(15)16/h1-4,9-10H,5-6H2/t9-,10-/m1/s1. The molecule has 2 atom stereocenters. The van der Waals surface area contributed by atoms with Gasteiger partial charge < -0.3 is 9.47 Å². The Balaban J connectivity index is 2.22. The van der Waals surface area contributed by atoms with E-state index in [1.54, 1.807) is 12.1 Å². The van der Waals surface area contributed by atoms with E-state index >= 15 is 0 Å². The molecule has 1 aliphatic rings. The fourth-order valence-corrected chi connectivity index (χ4v) is 1.75. The summed E-state index contributed by atoms with van der Waals surface area (Å²) in [5.41, 5.74) is 9.19. The number of rotatable bonds is 3. The van der Waals surface area contributed by atoms with Crippen LogP contribution in [0.5, 0.6) is 0 Å². The quantitative estimate of drug-likeness (QED) is 0.269. The van der Waals surface area contributed by atoms with Crippen molar-refractivity contribution in [3.8, 4) is 0 Å². The average molecular weight is 250 g/mol. The van der Waals surface area contributed by atoms with Gasteiger partial charge in [-0.3, -0.25) is 10.1 Å². The van der Waals surface area contributed by atoms with E-state index in [1.165, 1.54) is 12.1 Å². The first-order chi connectivity index (χ1) is 8.72. The Morgan fingerprint density at radius 3 is 2.78 bits per heavy atom. The third-order valence-electron chi connectivity index (χ3n) is 2.60. The Labute approximate surface area is 102 Å². The molecule has 0 saturated carbocycles. The van der Waals surface area contributed by atoms with E-state index in [1.807, 2.05) is 0 Å². The number of non-ortho nitro benzene ring substituents is 1. The van der Waals surface area contributed by atoms with Crippen LogP contribution in [-0.2, 0) is 9.47 Å². The molecule has 8 nitrogen and oxygen atoms in total. The normalized spacial score (nSPS) is 23.1. The SMILES string of the molecule is [N-]=[N+]=N[C@@H]1COCO[C@@H]1c1ccc([N+](=O)[O-])cc1. The van der Waals surface area contributed by atoms with Crippen LogP contribution < -0.4 is 0 Å². The Morgan fingerprint density at radius 1 is 1.44 bits per heavy atom. The Bertz CT molecular complexity index is 483. The Morgan fingerprint density at radius 2 is 2.17 bits per heavy atom. The summed E-state index contributed by atoms with van der Waals surface area (Å²) in [6, 6.07) is 5.50. The molecule has 2 rings (SSSR count). The molecule has 0 radical (unpaired) electrons. The maximum atomic E-state index is 10.5. The molecule has 0 amide bonds. The second-order valence-electron chi connectivity index (χ2n) is 3.70. The zero-order valence-corrected chi connectivity index (χ0v) is 9.30. The van der Waals surface area contributed by atoms with Crippen molar-refractivity contribution in [2.24, 2.45) is 5.11 Å². The van der Waals surface area contributed by atoms with Gasteiger partial charge in [0.15, 0.2) is 0 Å². The molecule has 18 heavy (non-hydrogen) atoms. The predicted octanol–water partition coefficient (Wildman–Crippen LogP) is 2.32. The highest BCUT2D eigenvalue weighted by Gasteiger charge is 2.27. The molecule has 1 heterocycles. The lowest BCUT2D eigenvalue weighted by Crippen LogP contribution is -2.31. The van der Waals surface area contributed by atoms with Gasteiger partial charge in [0.25, 0.3) is 5.69 Å². The molecular weight excluding hydrogens is 240 g/mol. The topological polar surface area (TPSA) is 110 Å². The average Bonchev–Trinajstić information content (AvgIpc) is 2.40. The minimum Gasteiger partial charge on any atom is -0.355 e. The van der Waals surface area contributed by atoms with Crippen molar-refractivity contribution in [1.29, 1.82) is 0 Å². The van der Waals surface area contributed by atoms with Crippen LogP contribution in [0.25, 0.3) is 10.4 Å². The molecule has 0 unspecified atom stereocenters. The minimum absolute atomic E-state index is 0.00569. The second-order valence-corrected chi connectivity index (χ2v) is 3.70. The molecule has 1 aliphatic heterocycles. The van der Waals surface area contributed by atoms with E-state index in [0.717, 1.165) is 5.56 Å². The molecule has 0 spiro atoms. The number of benzene rings is 1. The first-order valence-corrected chi connectivity index (χ1v) is 5.20. The Kier molecular flexibility index (Phi) is 3.73. The van der Waals surface area contributed by atoms with Crippen molar-refractivity contribution < 1.29 is 14.4 Å². The van der Waals surface area contributed by atoms with Gasteiger partial charge >= 0.3 is 0 Å². The number of nitro groups is 1. The third kappa shape index (κ3) is 2.57. The maximum Gasteiger partial charge on any atom is 0.269 e. The largest absolute Gasteiger partial charge is 0.355 e. The van der Waals surface area contributed by atoms with Crippen LogP contribution in [0.2, 0.25) is 0 Å². The monoisotopic (exact) mass is 250 g/mol. The van der Waals surface area contributed by atoms with Crippen LogP contribution in [0.3, 0.4) is 0 Å². The summed E-state index contributed by atoms with van der Waals surface area (Å²) >= 11 is 0. The van der Waals surface area contributed by atoms with Crippen LogP contribution in [0.1, 0.15) is 11.7 Å². The summed E-state index contributed by atoms with van der Waals surface area (Å²) in [6.07, 6.45) is -0.435. The van der Waals surface area contributed by atoms with Gasteiger partial charge in [0.1, 0.15) is 6.79 Å². The van der Waals surface area contributed by atoms with Crippen molar-refractivity contribution in [3.05, 3.63) is 50.4 Å². The summed E-state index contributed by atoms with van der Waals surface area (Å²) < 4.78 is 10.4. The van der Waals surface area contributed by atoms with Crippen molar-refractivity contribution in [2.45, 2.75) is 12.1 Å². The number of hydrogen-bond acceptors (Lipinski definition) is 5. The van der Waals surface area contributed by atoms with Gasteiger partial charge in [-0.2, -0.15) is 0 Å². The highest BCUT2D eigenvalue weighted by molar-refractivity contribution is 5.34. The first kappa shape index (κ1) is 12.3. The van der Waals surface area contributed by atoms with Gasteiger partial charge in [-0.1, -0.05) is 5.11 Å². The summed E-state index contributed by atoms with van der Waals surface area (Å²) in [5, 5.41) is 14.1. The highest BCUT2D eigenvalue weighted by Crippen LogP contribution is 2.28. The van der Waals surface area contributed by atoms with Crippen molar-refractivity contribution in [3.63, 3.8) is 0 Å². The molecule has 1 fully saturated rings. The van der Waals surface area contributed by atoms with Crippen molar-refractivity contribution in [1.82, 2.24) is 0 Å². The number of hydrogen-bond donors (Lipinski definition) is 0. The van der Waals surface area contributed by atoms with E-state index in [4.69, 9.17) is 15.0 Å². The highest BCUT2D eigenvalue weighted by atomic mass is 16.7. The predicted molar refractivity (Wildman–Crippen MR) is 60.7 cm³/mol. The molecule has 8 heteroatoms. The van der Waals surface area contributed by atoms with Gasteiger partial charge in [-0.15, -0.1) is 0 Å². The van der Waals surface area contributed by atoms with E-state index in [2.05, 4.69) is 10.0 Å². The lowest BCUT2D eigenvalue weighted by Gasteiger charge is -2.28. The van der Waals surface area contributed by atoms with Crippen molar-refractivity contribution >= 4 is 5.69 Å².